The minimum atomic E-state index is -0.119. The molecule has 132 valence electrons. The van der Waals surface area contributed by atoms with Crippen molar-refractivity contribution in [1.82, 2.24) is 0 Å². The molecule has 0 atom stereocenters. The average molecular weight is 354 g/mol. The first-order chi connectivity index (χ1) is 13.2. The van der Waals surface area contributed by atoms with E-state index in [1.165, 1.54) is 6.07 Å². The van der Waals surface area contributed by atoms with Gasteiger partial charge in [-0.05, 0) is 24.1 Å². The van der Waals surface area contributed by atoms with Crippen LogP contribution in [0.1, 0.15) is 5.56 Å². The van der Waals surface area contributed by atoms with E-state index in [1.807, 2.05) is 60.7 Å². The molecule has 0 bridgehead atoms. The lowest BCUT2D eigenvalue weighted by molar-refractivity contribution is 0.468. The fraction of sp³-hybridized carbons (Fsp3) is 0.0417. The summed E-state index contributed by atoms with van der Waals surface area (Å²) in [5.74, 6) is 0.590. The highest BCUT2D eigenvalue weighted by Crippen LogP contribution is 2.35. The smallest absolute Gasteiger partial charge is 0.201 e. The second kappa shape index (κ2) is 6.96. The van der Waals surface area contributed by atoms with Gasteiger partial charge in [-0.1, -0.05) is 66.7 Å². The highest BCUT2D eigenvalue weighted by atomic mass is 16.3. The highest BCUT2D eigenvalue weighted by molar-refractivity contribution is 5.91. The maximum Gasteiger partial charge on any atom is 0.201 e. The van der Waals surface area contributed by atoms with Gasteiger partial charge in [0.25, 0.3) is 0 Å². The Hall–Kier alpha value is -3.59. The SMILES string of the molecule is C=CCc1c(O)ccc2c(=O)c(-c3ccccc3)c(-c3ccccc3)oc12. The predicted molar refractivity (Wildman–Crippen MR) is 109 cm³/mol. The molecule has 1 heterocycles. The molecule has 3 aromatic carbocycles. The van der Waals surface area contributed by atoms with Crippen molar-refractivity contribution in [1.29, 1.82) is 0 Å². The third kappa shape index (κ3) is 2.93. The number of rotatable bonds is 4. The van der Waals surface area contributed by atoms with Crippen molar-refractivity contribution in [3.05, 3.63) is 101 Å². The molecule has 27 heavy (non-hydrogen) atoms. The minimum absolute atomic E-state index is 0.0945. The second-order valence-corrected chi connectivity index (χ2v) is 6.30. The van der Waals surface area contributed by atoms with Gasteiger partial charge >= 0.3 is 0 Å². The van der Waals surface area contributed by atoms with Crippen molar-refractivity contribution in [3.63, 3.8) is 0 Å². The number of hydrogen-bond donors (Lipinski definition) is 1. The van der Waals surface area contributed by atoms with Crippen molar-refractivity contribution in [2.45, 2.75) is 6.42 Å². The molecular weight excluding hydrogens is 336 g/mol. The summed E-state index contributed by atoms with van der Waals surface area (Å²) in [5.41, 5.74) is 2.97. The van der Waals surface area contributed by atoms with Crippen LogP contribution in [0.25, 0.3) is 33.4 Å². The van der Waals surface area contributed by atoms with Gasteiger partial charge in [0.15, 0.2) is 0 Å². The van der Waals surface area contributed by atoms with E-state index in [1.54, 1.807) is 12.1 Å². The normalized spacial score (nSPS) is 10.8. The van der Waals surface area contributed by atoms with Gasteiger partial charge in [-0.25, -0.2) is 0 Å². The zero-order chi connectivity index (χ0) is 18.8. The van der Waals surface area contributed by atoms with Crippen molar-refractivity contribution in [2.24, 2.45) is 0 Å². The molecule has 1 N–H and O–H groups in total. The zero-order valence-electron chi connectivity index (χ0n) is 14.7. The lowest BCUT2D eigenvalue weighted by Crippen LogP contribution is -2.08. The summed E-state index contributed by atoms with van der Waals surface area (Å²) < 4.78 is 6.27. The molecule has 0 amide bonds. The van der Waals surface area contributed by atoms with Crippen LogP contribution in [-0.4, -0.2) is 5.11 Å². The van der Waals surface area contributed by atoms with Crippen molar-refractivity contribution in [2.75, 3.05) is 0 Å². The first-order valence-corrected chi connectivity index (χ1v) is 8.74. The largest absolute Gasteiger partial charge is 0.508 e. The van der Waals surface area contributed by atoms with E-state index in [2.05, 4.69) is 6.58 Å². The van der Waals surface area contributed by atoms with E-state index >= 15 is 0 Å². The molecule has 4 rings (SSSR count). The first-order valence-electron chi connectivity index (χ1n) is 8.74. The lowest BCUT2D eigenvalue weighted by Gasteiger charge is -2.13. The van der Waals surface area contributed by atoms with Crippen LogP contribution in [0.2, 0.25) is 0 Å². The van der Waals surface area contributed by atoms with Gasteiger partial charge in [0.05, 0.1) is 10.9 Å². The summed E-state index contributed by atoms with van der Waals surface area (Å²) in [7, 11) is 0. The van der Waals surface area contributed by atoms with E-state index in [-0.39, 0.29) is 11.2 Å². The fourth-order valence-electron chi connectivity index (χ4n) is 3.31. The Morgan fingerprint density at radius 2 is 1.52 bits per heavy atom. The molecule has 4 aromatic rings. The summed E-state index contributed by atoms with van der Waals surface area (Å²) in [6.45, 7) is 3.74. The quantitative estimate of drug-likeness (QED) is 0.488. The molecule has 0 saturated carbocycles. The maximum absolute atomic E-state index is 13.4. The van der Waals surface area contributed by atoms with Gasteiger partial charge in [-0.3, -0.25) is 4.79 Å². The summed E-state index contributed by atoms with van der Waals surface area (Å²) in [6, 6.07) is 22.2. The van der Waals surface area contributed by atoms with E-state index in [4.69, 9.17) is 4.42 Å². The van der Waals surface area contributed by atoms with Crippen LogP contribution in [0.15, 0.2) is 94.7 Å². The monoisotopic (exact) mass is 354 g/mol. The standard InChI is InChI=1S/C24H18O3/c1-2-9-18-20(25)15-14-19-22(26)21(16-10-5-3-6-11-16)23(27-24(18)19)17-12-7-4-8-13-17/h2-8,10-15,25H,1,9H2. The average Bonchev–Trinajstić information content (AvgIpc) is 2.71. The van der Waals surface area contributed by atoms with Gasteiger partial charge in [0.2, 0.25) is 5.43 Å². The molecule has 0 aliphatic heterocycles. The van der Waals surface area contributed by atoms with Gasteiger partial charge in [-0.2, -0.15) is 0 Å². The van der Waals surface area contributed by atoms with E-state index in [9.17, 15) is 9.90 Å². The summed E-state index contributed by atoms with van der Waals surface area (Å²) in [4.78, 5) is 13.4. The molecule has 0 aliphatic carbocycles. The third-order valence-electron chi connectivity index (χ3n) is 4.59. The van der Waals surface area contributed by atoms with E-state index in [0.717, 1.165) is 11.1 Å². The summed E-state index contributed by atoms with van der Waals surface area (Å²) >= 11 is 0. The fourth-order valence-corrected chi connectivity index (χ4v) is 3.31. The van der Waals surface area contributed by atoms with Crippen LogP contribution >= 0.6 is 0 Å². The van der Waals surface area contributed by atoms with Crippen LogP contribution in [0.5, 0.6) is 5.75 Å². The van der Waals surface area contributed by atoms with Gasteiger partial charge in [0, 0.05) is 11.1 Å². The van der Waals surface area contributed by atoms with Crippen LogP contribution < -0.4 is 5.43 Å². The summed E-state index contributed by atoms with van der Waals surface area (Å²) in [5, 5.41) is 10.7. The molecule has 0 unspecified atom stereocenters. The number of phenolic OH excluding ortho intramolecular Hbond substituents is 1. The third-order valence-corrected chi connectivity index (χ3v) is 4.59. The number of aromatic hydroxyl groups is 1. The van der Waals surface area contributed by atoms with Crippen LogP contribution in [0.4, 0.5) is 0 Å². The zero-order valence-corrected chi connectivity index (χ0v) is 14.7. The van der Waals surface area contributed by atoms with Crippen molar-refractivity contribution < 1.29 is 9.52 Å². The van der Waals surface area contributed by atoms with E-state index in [0.29, 0.717) is 34.3 Å². The Labute approximate surface area is 156 Å². The number of fused-ring (bicyclic) bond motifs is 1. The second-order valence-electron chi connectivity index (χ2n) is 6.30. The molecule has 0 saturated heterocycles. The van der Waals surface area contributed by atoms with Crippen LogP contribution in [0, 0.1) is 0 Å². The van der Waals surface area contributed by atoms with Crippen molar-refractivity contribution >= 4 is 11.0 Å². The molecule has 0 radical (unpaired) electrons. The number of hydrogen-bond acceptors (Lipinski definition) is 3. The first kappa shape index (κ1) is 16.9. The van der Waals surface area contributed by atoms with Crippen LogP contribution in [-0.2, 0) is 6.42 Å². The Bertz CT molecular complexity index is 1170. The topological polar surface area (TPSA) is 50.4 Å². The lowest BCUT2D eigenvalue weighted by atomic mass is 9.97. The Morgan fingerprint density at radius 1 is 0.889 bits per heavy atom. The maximum atomic E-state index is 13.4. The van der Waals surface area contributed by atoms with Crippen LogP contribution in [0.3, 0.4) is 0 Å². The molecule has 0 fully saturated rings. The predicted octanol–water partition coefficient (Wildman–Crippen LogP) is 5.56. The Morgan fingerprint density at radius 3 is 2.15 bits per heavy atom. The molecule has 3 heteroatoms. The van der Waals surface area contributed by atoms with Gasteiger partial charge in [0.1, 0.15) is 17.1 Å². The molecule has 1 aromatic heterocycles. The Kier molecular flexibility index (Phi) is 4.35. The molecule has 3 nitrogen and oxygen atoms in total. The molecular formula is C24H18O3. The number of phenols is 1. The minimum Gasteiger partial charge on any atom is -0.508 e. The Balaban J connectivity index is 2.16. The number of allylic oxidation sites excluding steroid dienone is 1. The van der Waals surface area contributed by atoms with Crippen molar-refractivity contribution in [3.8, 4) is 28.2 Å². The van der Waals surface area contributed by atoms with Gasteiger partial charge in [-0.15, -0.1) is 6.58 Å². The van der Waals surface area contributed by atoms with E-state index < -0.39 is 0 Å². The van der Waals surface area contributed by atoms with Gasteiger partial charge < -0.3 is 9.52 Å². The number of benzene rings is 3. The highest BCUT2D eigenvalue weighted by Gasteiger charge is 2.20. The molecule has 0 spiro atoms. The summed E-state index contributed by atoms with van der Waals surface area (Å²) in [6.07, 6.45) is 2.09. The molecule has 0 aliphatic rings.